The molecule has 7 heterocycles. The molecular formula is C63H116N8O8. The molecule has 5 N–H and O–H groups in total. The number of piperidine rings is 3. The van der Waals surface area contributed by atoms with E-state index in [1.165, 1.54) is 89.3 Å². The standard InChI is InChI=1S/C11H21NO.C10H18N2.C10H19NO2.C10H21NO.C8H11NO.C6H11NO.C5H11NO.C3H4O/c1-4-12(3)8-10-5-6-11(13)7-9(10)2;1-11-8-4-10(5-9-11)12-6-2-3-7-12;1-3-11(2)7-8-4-5-9(12)6-10(8)13;1-3-11(2)8-9-4-6-10(12)7-5-9;10-8-6-1-5-2-7(8)9(3-5)4-6;1-7-4-2-6(8)3-5-7;7-5-1-3-6-4-2-5;1-2-3-4/h10-11,13H,2,4-8H2,1,3H3;4H,2-3,5-9H2,1H3;8-9,12H,3-7H2,1-2H3;9-10,12H,3-8H2,1-2H3;5-7H,1-4H2;2-5H2,1H3;5-7H,1-4H2;2-3H,1H2. The number of nitrogens with zero attached hydrogens (tertiary/aromatic N) is 7. The van der Waals surface area contributed by atoms with Crippen molar-refractivity contribution in [2.24, 2.45) is 29.6 Å². The molecule has 79 heavy (non-hydrogen) atoms. The van der Waals surface area contributed by atoms with Crippen LogP contribution in [-0.2, 0) is 19.2 Å². The molecule has 0 aromatic heterocycles. The van der Waals surface area contributed by atoms with Crippen LogP contribution in [0.15, 0.2) is 36.6 Å². The topological polar surface area (TPSA) is 184 Å². The van der Waals surface area contributed by atoms with Crippen molar-refractivity contribution in [3.8, 4) is 0 Å². The van der Waals surface area contributed by atoms with E-state index in [-0.39, 0.29) is 36.1 Å². The number of aldehydes is 1. The Bertz CT molecular complexity index is 1710. The van der Waals surface area contributed by atoms with Gasteiger partial charge in [0.05, 0.1) is 30.5 Å². The normalized spacial score (nSPS) is 30.5. The highest BCUT2D eigenvalue weighted by Gasteiger charge is 2.51. The number of aliphatic hydroxyl groups is 4. The van der Waals surface area contributed by atoms with Crippen LogP contribution in [0, 0.1) is 29.6 Å². The second-order valence-electron chi connectivity index (χ2n) is 24.6. The quantitative estimate of drug-likeness (QED) is 0.0954. The molecule has 16 heteroatoms. The summed E-state index contributed by atoms with van der Waals surface area (Å²) in [6, 6.07) is 0.365. The maximum absolute atomic E-state index is 11.5. The minimum atomic E-state index is -0.379. The molecular weight excluding hydrogens is 997 g/mol. The summed E-state index contributed by atoms with van der Waals surface area (Å²) in [4.78, 5) is 58.8. The van der Waals surface area contributed by atoms with Gasteiger partial charge in [0.2, 0.25) is 0 Å². The summed E-state index contributed by atoms with van der Waals surface area (Å²) in [5, 5.41) is 40.0. The van der Waals surface area contributed by atoms with Gasteiger partial charge in [-0.15, -0.1) is 0 Å². The first kappa shape index (κ1) is 70.5. The molecule has 4 bridgehead atoms. The Kier molecular flexibility index (Phi) is 35.4. The number of likely N-dealkylation sites (N-methyl/N-ethyl adjacent to an activating group) is 1. The van der Waals surface area contributed by atoms with Crippen molar-refractivity contribution in [3.63, 3.8) is 0 Å². The number of hydrogen-bond acceptors (Lipinski definition) is 16. The zero-order chi connectivity index (χ0) is 58.3. The van der Waals surface area contributed by atoms with E-state index in [0.29, 0.717) is 42.2 Å². The van der Waals surface area contributed by atoms with Crippen LogP contribution >= 0.6 is 0 Å². The number of carbonyl (C=O) groups is 4. The van der Waals surface area contributed by atoms with Crippen molar-refractivity contribution in [3.05, 3.63) is 36.6 Å². The Hall–Kier alpha value is -2.74. The zero-order valence-electron chi connectivity index (χ0n) is 51.2. The lowest BCUT2D eigenvalue weighted by Crippen LogP contribution is -2.35. The number of ketones is 3. The van der Waals surface area contributed by atoms with Crippen LogP contribution in [0.2, 0.25) is 0 Å². The largest absolute Gasteiger partial charge is 0.393 e. The lowest BCUT2D eigenvalue weighted by molar-refractivity contribution is -0.128. The molecule has 4 aliphatic carbocycles. The van der Waals surface area contributed by atoms with Crippen molar-refractivity contribution in [2.45, 2.75) is 173 Å². The number of allylic oxidation sites excluding steroid dienone is 1. The summed E-state index contributed by atoms with van der Waals surface area (Å²) < 4.78 is 0. The number of hydrogen-bond donors (Lipinski definition) is 5. The SMILES string of the molecule is C=C1CC(O)CCC1CN(C)CC.C=CC=O.CCN(C)CC1CCC(O)CC1.CCN(C)CC1CCC(O)CC1=O.CN1CC=C(N2CCCC2)CC1.CN1CCC(=O)CC1.O=C1C2CC3CC1N(C3)C2.OC1CCNCC1. The first-order valence-corrected chi connectivity index (χ1v) is 31.1. The highest BCUT2D eigenvalue weighted by atomic mass is 16.3. The maximum atomic E-state index is 11.5. The fourth-order valence-corrected chi connectivity index (χ4v) is 12.2. The van der Waals surface area contributed by atoms with E-state index in [9.17, 15) is 29.7 Å². The van der Waals surface area contributed by atoms with E-state index in [1.807, 2.05) is 14.1 Å². The fourth-order valence-electron chi connectivity index (χ4n) is 12.2. The summed E-state index contributed by atoms with van der Waals surface area (Å²) in [5.41, 5.74) is 2.84. The number of carbonyl (C=O) groups excluding carboxylic acids is 4. The molecule has 0 amide bonds. The van der Waals surface area contributed by atoms with Gasteiger partial charge >= 0.3 is 0 Å². The van der Waals surface area contributed by atoms with E-state index in [0.717, 1.165) is 154 Å². The van der Waals surface area contributed by atoms with Gasteiger partial charge in [0, 0.05) is 109 Å². The predicted molar refractivity (Wildman–Crippen MR) is 322 cm³/mol. The van der Waals surface area contributed by atoms with Gasteiger partial charge in [0.15, 0.2) is 5.78 Å². The smallest absolute Gasteiger partial charge is 0.154 e. The number of Topliss-reactive ketones (excluding diaryl/α,β-unsaturated/α-hetero) is 3. The molecule has 456 valence electrons. The Morgan fingerprint density at radius 1 is 0.646 bits per heavy atom. The van der Waals surface area contributed by atoms with Crippen molar-refractivity contribution in [1.29, 1.82) is 0 Å². The van der Waals surface area contributed by atoms with Crippen LogP contribution in [0.5, 0.6) is 0 Å². The van der Waals surface area contributed by atoms with E-state index < -0.39 is 0 Å². The van der Waals surface area contributed by atoms with Crippen LogP contribution in [0.25, 0.3) is 0 Å². The molecule has 6 saturated heterocycles. The third-order valence-electron chi connectivity index (χ3n) is 17.9. The molecule has 0 radical (unpaired) electrons. The van der Waals surface area contributed by atoms with E-state index in [4.69, 9.17) is 9.90 Å². The number of nitrogens with one attached hydrogen (secondary N) is 1. The summed E-state index contributed by atoms with van der Waals surface area (Å²) in [5.74, 6) is 4.12. The van der Waals surface area contributed by atoms with Gasteiger partial charge in [0.1, 0.15) is 17.9 Å². The molecule has 0 spiro atoms. The molecule has 0 aromatic carbocycles. The van der Waals surface area contributed by atoms with Gasteiger partial charge < -0.3 is 55.1 Å². The first-order chi connectivity index (χ1) is 37.8. The number of aliphatic hydroxyl groups excluding tert-OH is 4. The number of rotatable bonds is 11. The maximum Gasteiger partial charge on any atom is 0.154 e. The third kappa shape index (κ3) is 28.4. The summed E-state index contributed by atoms with van der Waals surface area (Å²) in [6.45, 7) is 31.1. The number of likely N-dealkylation sites (tertiary alicyclic amines) is 2. The summed E-state index contributed by atoms with van der Waals surface area (Å²) in [6.07, 6.45) is 22.8. The Balaban J connectivity index is 0.000000241. The third-order valence-corrected chi connectivity index (χ3v) is 17.9. The summed E-state index contributed by atoms with van der Waals surface area (Å²) in [7, 11) is 10.6. The average Bonchev–Trinajstić information content (AvgIpc) is 4.28. The zero-order valence-corrected chi connectivity index (χ0v) is 51.2. The van der Waals surface area contributed by atoms with Crippen LogP contribution in [-0.4, -0.2) is 249 Å². The van der Waals surface area contributed by atoms with Gasteiger partial charge in [-0.2, -0.15) is 0 Å². The molecule has 10 fully saturated rings. The van der Waals surface area contributed by atoms with Gasteiger partial charge in [-0.3, -0.25) is 24.1 Å². The second-order valence-corrected chi connectivity index (χ2v) is 24.6. The predicted octanol–water partition coefficient (Wildman–Crippen LogP) is 5.78. The molecule has 8 atom stereocenters. The van der Waals surface area contributed by atoms with Gasteiger partial charge in [-0.25, -0.2) is 0 Å². The average molecular weight is 1110 g/mol. The Labute approximate surface area is 480 Å². The molecule has 8 unspecified atom stereocenters. The van der Waals surface area contributed by atoms with Crippen LogP contribution in [0.1, 0.15) is 143 Å². The van der Waals surface area contributed by atoms with E-state index in [1.54, 1.807) is 5.70 Å². The van der Waals surface area contributed by atoms with Gasteiger partial charge in [-0.05, 0) is 195 Å². The van der Waals surface area contributed by atoms with E-state index >= 15 is 0 Å². The lowest BCUT2D eigenvalue weighted by Gasteiger charge is -2.30. The molecule has 7 aliphatic heterocycles. The van der Waals surface area contributed by atoms with Crippen LogP contribution in [0.3, 0.4) is 0 Å². The van der Waals surface area contributed by atoms with Crippen molar-refractivity contribution >= 4 is 23.6 Å². The monoisotopic (exact) mass is 1110 g/mol. The van der Waals surface area contributed by atoms with Crippen molar-refractivity contribution in [2.75, 3.05) is 140 Å². The van der Waals surface area contributed by atoms with Crippen molar-refractivity contribution < 1.29 is 39.6 Å². The molecule has 4 saturated carbocycles. The minimum absolute atomic E-state index is 0.00631. The Morgan fingerprint density at radius 2 is 1.16 bits per heavy atom. The van der Waals surface area contributed by atoms with Crippen LogP contribution in [0.4, 0.5) is 0 Å². The Morgan fingerprint density at radius 3 is 1.63 bits per heavy atom. The molecule has 11 rings (SSSR count). The van der Waals surface area contributed by atoms with Crippen molar-refractivity contribution in [1.82, 2.24) is 39.6 Å². The van der Waals surface area contributed by atoms with Gasteiger partial charge in [-0.1, -0.05) is 45.6 Å². The van der Waals surface area contributed by atoms with Gasteiger partial charge in [0.25, 0.3) is 0 Å². The molecule has 16 nitrogen and oxygen atoms in total. The molecule has 0 aromatic rings. The highest BCUT2D eigenvalue weighted by molar-refractivity contribution is 5.90. The lowest BCUT2D eigenvalue weighted by atomic mass is 9.82. The minimum Gasteiger partial charge on any atom is -0.393 e. The summed E-state index contributed by atoms with van der Waals surface area (Å²) >= 11 is 0. The fraction of sp³-hybridized carbons (Fsp3) is 0.841. The molecule has 11 aliphatic rings. The first-order valence-electron chi connectivity index (χ1n) is 31.1. The highest BCUT2D eigenvalue weighted by Crippen LogP contribution is 2.43. The second kappa shape index (κ2) is 39.7. The van der Waals surface area contributed by atoms with Crippen LogP contribution < -0.4 is 5.32 Å². The van der Waals surface area contributed by atoms with E-state index in [2.05, 4.69) is 101 Å².